The van der Waals surface area contributed by atoms with Crippen LogP contribution in [0.2, 0.25) is 0 Å². The van der Waals surface area contributed by atoms with E-state index >= 15 is 0 Å². The molecule has 2 aromatic carbocycles. The van der Waals surface area contributed by atoms with Gasteiger partial charge >= 0.3 is 0 Å². The summed E-state index contributed by atoms with van der Waals surface area (Å²) in [5.41, 5.74) is 3.75. The van der Waals surface area contributed by atoms with Gasteiger partial charge in [0.2, 0.25) is 5.52 Å². The number of aromatic amines is 1. The number of rotatable bonds is 4. The standard InChI is InChI=1S/C23H25N3O3/c1-23(2)10-9-14-18(29-23)13-16-19-20(24-26(16)12-11-25(3)4)15-7-6-8-17(27-5)21(15)28-22(14)19/h6-10,13H,11-12H2,1-5H3/p+1. The van der Waals surface area contributed by atoms with Gasteiger partial charge in [0.15, 0.2) is 23.8 Å². The van der Waals surface area contributed by atoms with Gasteiger partial charge < -0.3 is 19.1 Å². The first-order chi connectivity index (χ1) is 13.9. The molecule has 0 amide bonds. The maximum atomic E-state index is 6.48. The van der Waals surface area contributed by atoms with Crippen molar-refractivity contribution in [2.24, 2.45) is 0 Å². The lowest BCUT2D eigenvalue weighted by Crippen LogP contribution is -2.40. The van der Waals surface area contributed by atoms with Crippen molar-refractivity contribution in [2.45, 2.75) is 26.0 Å². The number of para-hydroxylation sites is 1. The fourth-order valence-electron chi connectivity index (χ4n) is 4.04. The lowest BCUT2D eigenvalue weighted by atomic mass is 9.96. The van der Waals surface area contributed by atoms with Crippen molar-refractivity contribution in [3.63, 3.8) is 0 Å². The van der Waals surface area contributed by atoms with Crippen molar-refractivity contribution >= 4 is 17.0 Å². The van der Waals surface area contributed by atoms with Gasteiger partial charge in [0.25, 0.3) is 0 Å². The Balaban J connectivity index is 1.80. The van der Waals surface area contributed by atoms with E-state index in [1.165, 1.54) is 0 Å². The average molecular weight is 392 g/mol. The molecule has 0 saturated heterocycles. The molecule has 0 unspecified atom stereocenters. The van der Waals surface area contributed by atoms with Gasteiger partial charge in [-0.15, -0.1) is 4.68 Å². The van der Waals surface area contributed by atoms with E-state index in [0.29, 0.717) is 0 Å². The Hall–Kier alpha value is -2.99. The van der Waals surface area contributed by atoms with E-state index in [0.717, 1.165) is 63.8 Å². The van der Waals surface area contributed by atoms with Gasteiger partial charge in [0, 0.05) is 0 Å². The summed E-state index contributed by atoms with van der Waals surface area (Å²) in [4.78, 5) is 2.17. The predicted molar refractivity (Wildman–Crippen MR) is 113 cm³/mol. The average Bonchev–Trinajstić information content (AvgIpc) is 3.04. The van der Waals surface area contributed by atoms with E-state index in [2.05, 4.69) is 66.9 Å². The van der Waals surface area contributed by atoms with Gasteiger partial charge in [-0.3, -0.25) is 0 Å². The zero-order valence-corrected chi connectivity index (χ0v) is 17.5. The first-order valence-corrected chi connectivity index (χ1v) is 9.89. The molecule has 6 heteroatoms. The molecule has 3 aromatic rings. The van der Waals surface area contributed by atoms with Crippen molar-refractivity contribution in [1.29, 1.82) is 0 Å². The fraction of sp³-hybridized carbons (Fsp3) is 0.348. The summed E-state index contributed by atoms with van der Waals surface area (Å²) >= 11 is 0. The predicted octanol–water partition coefficient (Wildman–Crippen LogP) is 3.98. The Labute approximate surface area is 170 Å². The molecule has 0 saturated carbocycles. The third-order valence-electron chi connectivity index (χ3n) is 5.52. The number of ether oxygens (including phenoxy) is 3. The highest BCUT2D eigenvalue weighted by atomic mass is 16.5. The largest absolute Gasteiger partial charge is 0.493 e. The maximum absolute atomic E-state index is 6.48. The zero-order chi connectivity index (χ0) is 20.3. The van der Waals surface area contributed by atoms with Gasteiger partial charge in [-0.25, -0.2) is 0 Å². The van der Waals surface area contributed by atoms with Crippen LogP contribution >= 0.6 is 0 Å². The summed E-state index contributed by atoms with van der Waals surface area (Å²) in [6.07, 6.45) is 4.18. The maximum Gasteiger partial charge on any atom is 0.246 e. The fourth-order valence-corrected chi connectivity index (χ4v) is 4.04. The molecule has 2 aliphatic heterocycles. The molecule has 0 bridgehead atoms. The summed E-state index contributed by atoms with van der Waals surface area (Å²) in [5, 5.41) is 4.69. The van der Waals surface area contributed by atoms with E-state index in [4.69, 9.17) is 14.2 Å². The molecule has 29 heavy (non-hydrogen) atoms. The molecular weight excluding hydrogens is 366 g/mol. The molecule has 150 valence electrons. The molecule has 5 rings (SSSR count). The van der Waals surface area contributed by atoms with Crippen molar-refractivity contribution < 1.29 is 18.9 Å². The number of nitrogens with one attached hydrogen (secondary N) is 1. The molecule has 0 atom stereocenters. The van der Waals surface area contributed by atoms with Crippen LogP contribution in [0.5, 0.6) is 23.0 Å². The smallest absolute Gasteiger partial charge is 0.246 e. The third-order valence-corrected chi connectivity index (χ3v) is 5.52. The van der Waals surface area contributed by atoms with Gasteiger partial charge in [0.05, 0.1) is 30.8 Å². The first-order valence-electron chi connectivity index (χ1n) is 9.89. The summed E-state index contributed by atoms with van der Waals surface area (Å²) in [6.45, 7) is 5.87. The quantitative estimate of drug-likeness (QED) is 0.534. The van der Waals surface area contributed by atoms with Crippen molar-refractivity contribution in [3.8, 4) is 34.3 Å². The zero-order valence-electron chi connectivity index (χ0n) is 17.5. The number of aromatic nitrogens is 2. The Morgan fingerprint density at radius 3 is 2.79 bits per heavy atom. The summed E-state index contributed by atoms with van der Waals surface area (Å²) in [6, 6.07) is 8.11. The van der Waals surface area contributed by atoms with Gasteiger partial charge in [-0.05, 0) is 52.2 Å². The van der Waals surface area contributed by atoms with Crippen LogP contribution < -0.4 is 18.9 Å². The van der Waals surface area contributed by atoms with Crippen LogP contribution in [-0.4, -0.2) is 43.3 Å². The SMILES string of the molecule is COc1cccc2c1Oc1c3c(cc4c1c-2[nH][n+]4CCN(C)C)OC(C)(C)C=C3. The molecular formula is C23H26N3O3+. The van der Waals surface area contributed by atoms with Gasteiger partial charge in [-0.2, -0.15) is 5.10 Å². The highest BCUT2D eigenvalue weighted by Gasteiger charge is 2.36. The van der Waals surface area contributed by atoms with Crippen molar-refractivity contribution in [1.82, 2.24) is 10.00 Å². The van der Waals surface area contributed by atoms with Crippen LogP contribution in [0.15, 0.2) is 30.3 Å². The molecule has 3 heterocycles. The number of nitrogens with zero attached hydrogens (tertiary/aromatic N) is 2. The molecule has 2 aliphatic rings. The molecule has 0 fully saturated rings. The van der Waals surface area contributed by atoms with Gasteiger partial charge in [0.1, 0.15) is 22.4 Å². The van der Waals surface area contributed by atoms with E-state index in [1.54, 1.807) is 7.11 Å². The third kappa shape index (κ3) is 2.78. The van der Waals surface area contributed by atoms with Crippen molar-refractivity contribution in [2.75, 3.05) is 27.7 Å². The first kappa shape index (κ1) is 18.1. The minimum atomic E-state index is -0.356. The summed E-state index contributed by atoms with van der Waals surface area (Å²) in [7, 11) is 5.83. The number of hydrogen-bond donors (Lipinski definition) is 1. The normalized spacial score (nSPS) is 15.7. The van der Waals surface area contributed by atoms with Crippen LogP contribution in [-0.2, 0) is 6.54 Å². The Bertz CT molecular complexity index is 1160. The van der Waals surface area contributed by atoms with E-state index in [9.17, 15) is 0 Å². The molecule has 1 aromatic heterocycles. The number of methoxy groups -OCH3 is 1. The molecule has 0 radical (unpaired) electrons. The van der Waals surface area contributed by atoms with Crippen LogP contribution in [0.3, 0.4) is 0 Å². The Morgan fingerprint density at radius 2 is 2.03 bits per heavy atom. The van der Waals surface area contributed by atoms with E-state index < -0.39 is 0 Å². The summed E-state index contributed by atoms with van der Waals surface area (Å²) < 4.78 is 20.5. The minimum absolute atomic E-state index is 0.356. The molecule has 0 spiro atoms. The molecule has 1 N–H and O–H groups in total. The number of likely N-dealkylation sites (N-methyl/N-ethyl adjacent to an activating group) is 1. The second-order valence-electron chi connectivity index (χ2n) is 8.43. The highest BCUT2D eigenvalue weighted by Crippen LogP contribution is 2.53. The number of benzene rings is 2. The highest BCUT2D eigenvalue weighted by molar-refractivity contribution is 6.03. The topological polar surface area (TPSA) is 50.6 Å². The van der Waals surface area contributed by atoms with Crippen LogP contribution in [0, 0.1) is 0 Å². The van der Waals surface area contributed by atoms with Crippen molar-refractivity contribution in [3.05, 3.63) is 35.9 Å². The van der Waals surface area contributed by atoms with Crippen LogP contribution in [0.4, 0.5) is 0 Å². The monoisotopic (exact) mass is 392 g/mol. The van der Waals surface area contributed by atoms with E-state index in [1.807, 2.05) is 12.1 Å². The number of H-pyrrole nitrogens is 1. The van der Waals surface area contributed by atoms with Gasteiger partial charge in [-0.1, -0.05) is 6.07 Å². The second kappa shape index (κ2) is 6.26. The molecule has 6 nitrogen and oxygen atoms in total. The lowest BCUT2D eigenvalue weighted by Gasteiger charge is -2.29. The lowest BCUT2D eigenvalue weighted by molar-refractivity contribution is -0.725. The number of fused-ring (bicyclic) bond motifs is 4. The Kier molecular flexibility index (Phi) is 3.90. The van der Waals surface area contributed by atoms with Crippen LogP contribution in [0.25, 0.3) is 28.2 Å². The minimum Gasteiger partial charge on any atom is -0.493 e. The number of hydrogen-bond acceptors (Lipinski definition) is 4. The summed E-state index contributed by atoms with van der Waals surface area (Å²) in [5.74, 6) is 3.10. The van der Waals surface area contributed by atoms with E-state index in [-0.39, 0.29) is 5.60 Å². The Morgan fingerprint density at radius 1 is 1.21 bits per heavy atom. The molecule has 0 aliphatic carbocycles. The van der Waals surface area contributed by atoms with Crippen LogP contribution in [0.1, 0.15) is 19.4 Å². The second-order valence-corrected chi connectivity index (χ2v) is 8.43.